The van der Waals surface area contributed by atoms with Crippen molar-refractivity contribution in [2.24, 2.45) is 10.9 Å². The number of ether oxygens (including phenoxy) is 1. The second-order valence-corrected chi connectivity index (χ2v) is 4.47. The fourth-order valence-electron chi connectivity index (χ4n) is 1.65. The summed E-state index contributed by atoms with van der Waals surface area (Å²) in [6, 6.07) is 1.94. The number of nitrogens with one attached hydrogen (secondary N) is 2. The molecule has 0 saturated heterocycles. The normalized spacial score (nSPS) is 12.7. The van der Waals surface area contributed by atoms with Crippen molar-refractivity contribution < 1.29 is 4.74 Å². The number of aromatic nitrogens is 2. The summed E-state index contributed by atoms with van der Waals surface area (Å²) >= 11 is 0. The molecule has 6 nitrogen and oxygen atoms in total. The number of rotatable bonds is 8. The molecule has 0 aliphatic carbocycles. The van der Waals surface area contributed by atoms with Crippen molar-refractivity contribution in [3.8, 4) is 0 Å². The molecular weight excluding hydrogens is 369 g/mol. The highest BCUT2D eigenvalue weighted by atomic mass is 127. The zero-order valence-corrected chi connectivity index (χ0v) is 14.8. The van der Waals surface area contributed by atoms with Crippen LogP contribution in [0.25, 0.3) is 0 Å². The highest BCUT2D eigenvalue weighted by molar-refractivity contribution is 14.0. The van der Waals surface area contributed by atoms with Gasteiger partial charge in [-0.15, -0.1) is 24.0 Å². The minimum atomic E-state index is 0. The molecule has 116 valence electrons. The first-order valence-electron chi connectivity index (χ1n) is 6.74. The van der Waals surface area contributed by atoms with Gasteiger partial charge in [0.1, 0.15) is 0 Å². The van der Waals surface area contributed by atoms with Crippen molar-refractivity contribution in [2.45, 2.75) is 20.4 Å². The Morgan fingerprint density at radius 2 is 2.25 bits per heavy atom. The summed E-state index contributed by atoms with van der Waals surface area (Å²) < 4.78 is 6.95. The Balaban J connectivity index is 0.00000361. The molecule has 1 unspecified atom stereocenters. The van der Waals surface area contributed by atoms with Crippen LogP contribution in [-0.2, 0) is 11.3 Å². The van der Waals surface area contributed by atoms with Crippen molar-refractivity contribution in [3.63, 3.8) is 0 Å². The van der Waals surface area contributed by atoms with Gasteiger partial charge in [0, 0.05) is 45.7 Å². The standard InChI is InChI=1S/C13H25N5O.HI/c1-4-14-13(15-7-9-19-3)16-10-12(2)11-18-8-5-6-17-18;/h5-6,8,12H,4,7,9-11H2,1-3H3,(H2,14,15,16);1H. The summed E-state index contributed by atoms with van der Waals surface area (Å²) in [5, 5.41) is 10.6. The van der Waals surface area contributed by atoms with E-state index in [1.165, 1.54) is 0 Å². The van der Waals surface area contributed by atoms with E-state index in [2.05, 4.69) is 34.6 Å². The first kappa shape index (κ1) is 19.2. The summed E-state index contributed by atoms with van der Waals surface area (Å²) in [6.45, 7) is 8.16. The molecule has 7 heteroatoms. The van der Waals surface area contributed by atoms with Gasteiger partial charge < -0.3 is 15.4 Å². The number of hydrogen-bond acceptors (Lipinski definition) is 3. The summed E-state index contributed by atoms with van der Waals surface area (Å²) in [5.41, 5.74) is 0. The van der Waals surface area contributed by atoms with Crippen LogP contribution < -0.4 is 10.6 Å². The Morgan fingerprint density at radius 3 is 2.85 bits per heavy atom. The second kappa shape index (κ2) is 12.0. The number of hydrogen-bond donors (Lipinski definition) is 2. The van der Waals surface area contributed by atoms with Crippen molar-refractivity contribution in [1.82, 2.24) is 20.4 Å². The van der Waals surface area contributed by atoms with E-state index in [-0.39, 0.29) is 24.0 Å². The third kappa shape index (κ3) is 8.36. The molecule has 0 aliphatic rings. The lowest BCUT2D eigenvalue weighted by atomic mass is 10.2. The molecule has 1 rings (SSSR count). The summed E-state index contributed by atoms with van der Waals surface area (Å²) in [4.78, 5) is 4.56. The van der Waals surface area contributed by atoms with E-state index in [9.17, 15) is 0 Å². The van der Waals surface area contributed by atoms with Crippen LogP contribution in [-0.4, -0.2) is 49.1 Å². The number of guanidine groups is 1. The van der Waals surface area contributed by atoms with Gasteiger partial charge in [-0.05, 0) is 18.9 Å². The fourth-order valence-corrected chi connectivity index (χ4v) is 1.65. The zero-order chi connectivity index (χ0) is 13.9. The van der Waals surface area contributed by atoms with Crippen LogP contribution in [0.4, 0.5) is 0 Å². The predicted molar refractivity (Wildman–Crippen MR) is 92.7 cm³/mol. The van der Waals surface area contributed by atoms with Gasteiger partial charge in [-0.1, -0.05) is 6.92 Å². The minimum absolute atomic E-state index is 0. The molecule has 0 fully saturated rings. The van der Waals surface area contributed by atoms with Gasteiger partial charge in [0.2, 0.25) is 0 Å². The van der Waals surface area contributed by atoms with E-state index in [4.69, 9.17) is 4.74 Å². The van der Waals surface area contributed by atoms with Crippen molar-refractivity contribution >= 4 is 29.9 Å². The van der Waals surface area contributed by atoms with Gasteiger partial charge in [0.25, 0.3) is 0 Å². The molecular formula is C13H26IN5O. The molecule has 1 heterocycles. The minimum Gasteiger partial charge on any atom is -0.383 e. The Labute approximate surface area is 138 Å². The van der Waals surface area contributed by atoms with Crippen LogP contribution in [0.1, 0.15) is 13.8 Å². The van der Waals surface area contributed by atoms with E-state index < -0.39 is 0 Å². The molecule has 2 N–H and O–H groups in total. The maximum absolute atomic E-state index is 5.01. The van der Waals surface area contributed by atoms with Gasteiger partial charge >= 0.3 is 0 Å². The Kier molecular flexibility index (Phi) is 11.5. The number of nitrogens with zero attached hydrogens (tertiary/aromatic N) is 3. The molecule has 0 bridgehead atoms. The molecule has 1 aromatic rings. The van der Waals surface area contributed by atoms with Crippen LogP contribution in [0, 0.1) is 5.92 Å². The van der Waals surface area contributed by atoms with Crippen LogP contribution in [0.3, 0.4) is 0 Å². The van der Waals surface area contributed by atoms with E-state index >= 15 is 0 Å². The monoisotopic (exact) mass is 395 g/mol. The van der Waals surface area contributed by atoms with Crippen molar-refractivity contribution in [2.75, 3.05) is 33.4 Å². The average molecular weight is 395 g/mol. The number of methoxy groups -OCH3 is 1. The SMILES string of the molecule is CCNC(=NCC(C)Cn1cccn1)NCCOC.I. The van der Waals surface area contributed by atoms with Gasteiger partial charge in [-0.2, -0.15) is 5.10 Å². The second-order valence-electron chi connectivity index (χ2n) is 4.47. The van der Waals surface area contributed by atoms with Gasteiger partial charge in [0.05, 0.1) is 6.61 Å². The Hall–Kier alpha value is -0.830. The number of halogens is 1. The van der Waals surface area contributed by atoms with Crippen LogP contribution >= 0.6 is 24.0 Å². The van der Waals surface area contributed by atoms with E-state index in [1.807, 2.05) is 16.9 Å². The topological polar surface area (TPSA) is 63.5 Å². The molecule has 1 atom stereocenters. The fraction of sp³-hybridized carbons (Fsp3) is 0.692. The molecule has 0 saturated carbocycles. The lowest BCUT2D eigenvalue weighted by Crippen LogP contribution is -2.39. The molecule has 0 aliphatic heterocycles. The molecule has 1 aromatic heterocycles. The first-order valence-corrected chi connectivity index (χ1v) is 6.74. The third-order valence-electron chi connectivity index (χ3n) is 2.56. The van der Waals surface area contributed by atoms with Gasteiger partial charge in [-0.25, -0.2) is 0 Å². The molecule has 0 aromatic carbocycles. The van der Waals surface area contributed by atoms with Crippen LogP contribution in [0.15, 0.2) is 23.5 Å². The zero-order valence-electron chi connectivity index (χ0n) is 12.5. The van der Waals surface area contributed by atoms with Gasteiger partial charge in [0.15, 0.2) is 5.96 Å². The molecule has 0 amide bonds. The van der Waals surface area contributed by atoms with E-state index in [1.54, 1.807) is 13.3 Å². The lowest BCUT2D eigenvalue weighted by molar-refractivity contribution is 0.203. The molecule has 0 radical (unpaired) electrons. The Morgan fingerprint density at radius 1 is 1.45 bits per heavy atom. The third-order valence-corrected chi connectivity index (χ3v) is 2.56. The summed E-state index contributed by atoms with van der Waals surface area (Å²) in [5.74, 6) is 1.28. The lowest BCUT2D eigenvalue weighted by Gasteiger charge is -2.13. The van der Waals surface area contributed by atoms with E-state index in [0.29, 0.717) is 12.5 Å². The summed E-state index contributed by atoms with van der Waals surface area (Å²) in [7, 11) is 1.69. The highest BCUT2D eigenvalue weighted by Gasteiger charge is 2.03. The van der Waals surface area contributed by atoms with Crippen LogP contribution in [0.2, 0.25) is 0 Å². The first-order chi connectivity index (χ1) is 9.26. The number of aliphatic imine (C=N–C) groups is 1. The quantitative estimate of drug-likeness (QED) is 0.302. The average Bonchev–Trinajstić information content (AvgIpc) is 2.89. The predicted octanol–water partition coefficient (Wildman–Crippen LogP) is 1.34. The van der Waals surface area contributed by atoms with Crippen LogP contribution in [0.5, 0.6) is 0 Å². The van der Waals surface area contributed by atoms with Crippen molar-refractivity contribution in [1.29, 1.82) is 0 Å². The highest BCUT2D eigenvalue weighted by Crippen LogP contribution is 2.00. The molecule has 20 heavy (non-hydrogen) atoms. The Bertz CT molecular complexity index is 356. The maximum atomic E-state index is 5.01. The molecule has 0 spiro atoms. The maximum Gasteiger partial charge on any atom is 0.191 e. The van der Waals surface area contributed by atoms with Gasteiger partial charge in [-0.3, -0.25) is 9.67 Å². The van der Waals surface area contributed by atoms with E-state index in [0.717, 1.165) is 32.1 Å². The summed E-state index contributed by atoms with van der Waals surface area (Å²) in [6.07, 6.45) is 3.77. The largest absolute Gasteiger partial charge is 0.383 e. The smallest absolute Gasteiger partial charge is 0.191 e. The van der Waals surface area contributed by atoms with Crippen molar-refractivity contribution in [3.05, 3.63) is 18.5 Å².